The smallest absolute Gasteiger partial charge is 0.341 e. The molecule has 0 saturated heterocycles. The number of esters is 2. The number of para-hydroxylation sites is 1. The maximum atomic E-state index is 13.2. The van der Waals surface area contributed by atoms with Gasteiger partial charge in [-0.15, -0.1) is 0 Å². The average molecular weight is 370 g/mol. The SMILES string of the molecule is CCOC(=O)C1=C(N)OC2=C(C(=O)O[C@H](C)C2)[C@]12C(=O)Nc1ccccc12. The molecule has 0 radical (unpaired) electrons. The number of hydrogen-bond donors (Lipinski definition) is 2. The Balaban J connectivity index is 2.06. The van der Waals surface area contributed by atoms with Crippen molar-refractivity contribution in [3.63, 3.8) is 0 Å². The lowest BCUT2D eigenvalue weighted by atomic mass is 9.67. The van der Waals surface area contributed by atoms with Crippen molar-refractivity contribution >= 4 is 23.5 Å². The fourth-order valence-corrected chi connectivity index (χ4v) is 3.92. The minimum atomic E-state index is -1.77. The number of benzene rings is 1. The predicted octanol–water partition coefficient (Wildman–Crippen LogP) is 1.23. The fourth-order valence-electron chi connectivity index (χ4n) is 3.92. The van der Waals surface area contributed by atoms with Gasteiger partial charge in [-0.1, -0.05) is 18.2 Å². The molecule has 1 aromatic carbocycles. The molecule has 8 heteroatoms. The summed E-state index contributed by atoms with van der Waals surface area (Å²) in [5.41, 5.74) is 4.98. The van der Waals surface area contributed by atoms with Crippen LogP contribution >= 0.6 is 0 Å². The molecule has 4 rings (SSSR count). The van der Waals surface area contributed by atoms with Crippen LogP contribution in [-0.4, -0.2) is 30.6 Å². The molecule has 2 atom stereocenters. The summed E-state index contributed by atoms with van der Waals surface area (Å²) in [5.74, 6) is -2.13. The van der Waals surface area contributed by atoms with Crippen LogP contribution in [0, 0.1) is 0 Å². The largest absolute Gasteiger partial charge is 0.462 e. The number of amides is 1. The van der Waals surface area contributed by atoms with E-state index in [1.54, 1.807) is 38.1 Å². The van der Waals surface area contributed by atoms with Crippen molar-refractivity contribution in [1.82, 2.24) is 0 Å². The highest BCUT2D eigenvalue weighted by Crippen LogP contribution is 2.53. The van der Waals surface area contributed by atoms with Gasteiger partial charge in [-0.05, 0) is 19.9 Å². The highest BCUT2D eigenvalue weighted by molar-refractivity contribution is 6.21. The minimum Gasteiger partial charge on any atom is -0.462 e. The third kappa shape index (κ3) is 2.19. The first-order chi connectivity index (χ1) is 12.9. The Morgan fingerprint density at radius 3 is 2.85 bits per heavy atom. The van der Waals surface area contributed by atoms with Gasteiger partial charge in [-0.2, -0.15) is 0 Å². The molecule has 3 N–H and O–H groups in total. The summed E-state index contributed by atoms with van der Waals surface area (Å²) in [4.78, 5) is 38.9. The maximum absolute atomic E-state index is 13.2. The monoisotopic (exact) mass is 370 g/mol. The Labute approximate surface area is 154 Å². The van der Waals surface area contributed by atoms with E-state index in [9.17, 15) is 14.4 Å². The lowest BCUT2D eigenvalue weighted by Crippen LogP contribution is -2.50. The Morgan fingerprint density at radius 1 is 1.37 bits per heavy atom. The second kappa shape index (κ2) is 5.87. The Morgan fingerprint density at radius 2 is 2.11 bits per heavy atom. The van der Waals surface area contributed by atoms with Gasteiger partial charge in [0.15, 0.2) is 0 Å². The van der Waals surface area contributed by atoms with Gasteiger partial charge in [0.2, 0.25) is 11.8 Å². The zero-order valence-electron chi connectivity index (χ0n) is 14.8. The minimum absolute atomic E-state index is 0.0275. The average Bonchev–Trinajstić information content (AvgIpc) is 2.87. The summed E-state index contributed by atoms with van der Waals surface area (Å²) in [6.07, 6.45) is -0.195. The molecule has 140 valence electrons. The zero-order chi connectivity index (χ0) is 19.3. The topological polar surface area (TPSA) is 117 Å². The molecule has 0 unspecified atom stereocenters. The van der Waals surface area contributed by atoms with E-state index in [1.165, 1.54) is 0 Å². The summed E-state index contributed by atoms with van der Waals surface area (Å²) in [5, 5.41) is 2.74. The van der Waals surface area contributed by atoms with Crippen molar-refractivity contribution in [3.05, 3.63) is 52.6 Å². The molecule has 0 bridgehead atoms. The van der Waals surface area contributed by atoms with Crippen LogP contribution in [0.5, 0.6) is 0 Å². The van der Waals surface area contributed by atoms with Crippen LogP contribution in [0.2, 0.25) is 0 Å². The standard InChI is InChI=1S/C19H18N2O6/c1-3-25-16(22)14-15(20)27-12-8-9(2)26-17(23)13(12)19(14)10-6-4-5-7-11(10)21-18(19)24/h4-7,9H,3,8,20H2,1-2H3,(H,21,24)/t9-,19+/m1/s1. The van der Waals surface area contributed by atoms with Crippen molar-refractivity contribution in [3.8, 4) is 0 Å². The zero-order valence-corrected chi connectivity index (χ0v) is 14.8. The van der Waals surface area contributed by atoms with Crippen molar-refractivity contribution in [2.24, 2.45) is 5.73 Å². The lowest BCUT2D eigenvalue weighted by molar-refractivity contribution is -0.149. The van der Waals surface area contributed by atoms with E-state index in [1.807, 2.05) is 0 Å². The Hall–Kier alpha value is -3.29. The van der Waals surface area contributed by atoms with Gasteiger partial charge in [0.25, 0.3) is 0 Å². The predicted molar refractivity (Wildman–Crippen MR) is 92.9 cm³/mol. The van der Waals surface area contributed by atoms with E-state index in [-0.39, 0.29) is 35.8 Å². The first-order valence-corrected chi connectivity index (χ1v) is 8.62. The summed E-state index contributed by atoms with van der Waals surface area (Å²) >= 11 is 0. The van der Waals surface area contributed by atoms with E-state index in [0.29, 0.717) is 11.3 Å². The van der Waals surface area contributed by atoms with E-state index < -0.39 is 29.4 Å². The van der Waals surface area contributed by atoms with Crippen molar-refractivity contribution in [1.29, 1.82) is 0 Å². The highest BCUT2D eigenvalue weighted by Gasteiger charge is 2.63. The first-order valence-electron chi connectivity index (χ1n) is 8.62. The van der Waals surface area contributed by atoms with E-state index >= 15 is 0 Å². The number of ether oxygens (including phenoxy) is 3. The second-order valence-electron chi connectivity index (χ2n) is 6.53. The van der Waals surface area contributed by atoms with Gasteiger partial charge in [0.1, 0.15) is 28.4 Å². The van der Waals surface area contributed by atoms with Crippen molar-refractivity contribution in [2.75, 3.05) is 11.9 Å². The molecule has 0 saturated carbocycles. The van der Waals surface area contributed by atoms with Crippen LogP contribution in [0.25, 0.3) is 0 Å². The van der Waals surface area contributed by atoms with Gasteiger partial charge in [-0.25, -0.2) is 9.59 Å². The highest BCUT2D eigenvalue weighted by atomic mass is 16.6. The number of fused-ring (bicyclic) bond motifs is 3. The summed E-state index contributed by atoms with van der Waals surface area (Å²) in [6.45, 7) is 3.42. The molecule has 27 heavy (non-hydrogen) atoms. The quantitative estimate of drug-likeness (QED) is 0.752. The fraction of sp³-hybridized carbons (Fsp3) is 0.316. The van der Waals surface area contributed by atoms with Crippen LogP contribution in [0.4, 0.5) is 5.69 Å². The molecular formula is C19H18N2O6. The normalized spacial score (nSPS) is 26.2. The first kappa shape index (κ1) is 17.1. The molecule has 0 aromatic heterocycles. The third-order valence-electron chi connectivity index (χ3n) is 4.89. The van der Waals surface area contributed by atoms with Gasteiger partial charge >= 0.3 is 11.9 Å². The van der Waals surface area contributed by atoms with E-state index in [4.69, 9.17) is 19.9 Å². The number of anilines is 1. The summed E-state index contributed by atoms with van der Waals surface area (Å²) < 4.78 is 16.1. The molecule has 1 aromatic rings. The lowest BCUT2D eigenvalue weighted by Gasteiger charge is -2.39. The molecule has 3 heterocycles. The molecule has 0 fully saturated rings. The van der Waals surface area contributed by atoms with Gasteiger partial charge < -0.3 is 25.3 Å². The summed E-state index contributed by atoms with van der Waals surface area (Å²) in [6, 6.07) is 6.81. The Kier molecular flexibility index (Phi) is 3.73. The number of rotatable bonds is 2. The van der Waals surface area contributed by atoms with Crippen molar-refractivity contribution < 1.29 is 28.6 Å². The number of carbonyl (C=O) groups is 3. The molecular weight excluding hydrogens is 352 g/mol. The maximum Gasteiger partial charge on any atom is 0.341 e. The number of carbonyl (C=O) groups excluding carboxylic acids is 3. The number of hydrogen-bond acceptors (Lipinski definition) is 7. The third-order valence-corrected chi connectivity index (χ3v) is 4.89. The van der Waals surface area contributed by atoms with E-state index in [2.05, 4.69) is 5.32 Å². The van der Waals surface area contributed by atoms with Crippen LogP contribution in [-0.2, 0) is 34.0 Å². The van der Waals surface area contributed by atoms with Gasteiger partial charge in [0.05, 0.1) is 6.61 Å². The number of nitrogens with two attached hydrogens (primary N) is 1. The van der Waals surface area contributed by atoms with Crippen LogP contribution in [0.15, 0.2) is 47.1 Å². The van der Waals surface area contributed by atoms with Gasteiger partial charge in [-0.3, -0.25) is 4.79 Å². The molecule has 1 spiro atoms. The Bertz CT molecular complexity index is 947. The van der Waals surface area contributed by atoms with Crippen molar-refractivity contribution in [2.45, 2.75) is 31.8 Å². The number of nitrogens with one attached hydrogen (secondary N) is 1. The molecule has 8 nitrogen and oxygen atoms in total. The number of cyclic esters (lactones) is 1. The van der Waals surface area contributed by atoms with E-state index in [0.717, 1.165) is 0 Å². The molecule has 3 aliphatic heterocycles. The van der Waals surface area contributed by atoms with Crippen LogP contribution in [0.3, 0.4) is 0 Å². The molecule has 0 aliphatic carbocycles. The second-order valence-corrected chi connectivity index (χ2v) is 6.53. The molecule has 3 aliphatic rings. The van der Waals surface area contributed by atoms with Crippen LogP contribution < -0.4 is 11.1 Å². The van der Waals surface area contributed by atoms with Crippen LogP contribution in [0.1, 0.15) is 25.8 Å². The van der Waals surface area contributed by atoms with Gasteiger partial charge in [0, 0.05) is 17.7 Å². The summed E-state index contributed by atoms with van der Waals surface area (Å²) in [7, 11) is 0. The molecule has 1 amide bonds.